The molecule has 2 unspecified atom stereocenters. The van der Waals surface area contributed by atoms with Crippen LogP contribution in [0, 0.1) is 11.7 Å². The van der Waals surface area contributed by atoms with Gasteiger partial charge in [0.2, 0.25) is 5.91 Å². The molecule has 0 aliphatic rings. The molecule has 1 aromatic carbocycles. The fourth-order valence-corrected chi connectivity index (χ4v) is 2.24. The van der Waals surface area contributed by atoms with E-state index in [1.807, 2.05) is 27.7 Å². The quantitative estimate of drug-likeness (QED) is 0.806. The lowest BCUT2D eigenvalue weighted by atomic mass is 9.95. The van der Waals surface area contributed by atoms with Gasteiger partial charge in [0.1, 0.15) is 5.82 Å². The van der Waals surface area contributed by atoms with Crippen molar-refractivity contribution in [3.05, 3.63) is 35.6 Å². The lowest BCUT2D eigenvalue weighted by Crippen LogP contribution is -2.37. The molecule has 1 rings (SSSR count). The monoisotopic (exact) mass is 280 g/mol. The van der Waals surface area contributed by atoms with Crippen molar-refractivity contribution in [3.63, 3.8) is 0 Å². The molecule has 20 heavy (non-hydrogen) atoms. The van der Waals surface area contributed by atoms with Crippen LogP contribution in [0.3, 0.4) is 0 Å². The molecule has 0 saturated heterocycles. The highest BCUT2D eigenvalue weighted by molar-refractivity contribution is 5.77. The summed E-state index contributed by atoms with van der Waals surface area (Å²) in [5.41, 5.74) is 0.936. The Kier molecular flexibility index (Phi) is 6.65. The highest BCUT2D eigenvalue weighted by Crippen LogP contribution is 2.22. The van der Waals surface area contributed by atoms with E-state index in [1.165, 1.54) is 12.1 Å². The molecule has 0 saturated carbocycles. The van der Waals surface area contributed by atoms with Gasteiger partial charge in [0.15, 0.2) is 0 Å². The molecule has 3 nitrogen and oxygen atoms in total. The number of hydrogen-bond donors (Lipinski definition) is 2. The van der Waals surface area contributed by atoms with Crippen molar-refractivity contribution in [2.45, 2.75) is 46.2 Å². The van der Waals surface area contributed by atoms with Gasteiger partial charge < -0.3 is 10.6 Å². The molecular weight excluding hydrogens is 255 g/mol. The number of halogens is 1. The molecule has 0 spiro atoms. The van der Waals surface area contributed by atoms with E-state index in [0.717, 1.165) is 12.1 Å². The van der Waals surface area contributed by atoms with E-state index in [1.54, 1.807) is 12.1 Å². The minimum Gasteiger partial charge on any atom is -0.349 e. The number of benzene rings is 1. The third-order valence-electron chi connectivity index (χ3n) is 3.26. The molecule has 1 amide bonds. The summed E-state index contributed by atoms with van der Waals surface area (Å²) in [7, 11) is 0. The largest absolute Gasteiger partial charge is 0.349 e. The van der Waals surface area contributed by atoms with Crippen LogP contribution in [0.5, 0.6) is 0 Å². The number of carbonyl (C=O) groups is 1. The Labute approximate surface area is 121 Å². The predicted octanol–water partition coefficient (Wildman–Crippen LogP) is 3.03. The molecular formula is C16H25FN2O. The molecule has 0 aliphatic carbocycles. The molecule has 4 heteroatoms. The first-order chi connectivity index (χ1) is 9.43. The maximum atomic E-state index is 13.0. The van der Waals surface area contributed by atoms with Crippen LogP contribution in [0.25, 0.3) is 0 Å². The van der Waals surface area contributed by atoms with Crippen LogP contribution >= 0.6 is 0 Å². The Morgan fingerprint density at radius 1 is 1.20 bits per heavy atom. The molecule has 112 valence electrons. The summed E-state index contributed by atoms with van der Waals surface area (Å²) in [5, 5.41) is 6.26. The topological polar surface area (TPSA) is 41.1 Å². The average molecular weight is 280 g/mol. The van der Waals surface area contributed by atoms with Gasteiger partial charge in [-0.05, 0) is 37.1 Å². The van der Waals surface area contributed by atoms with Crippen LogP contribution in [0.15, 0.2) is 24.3 Å². The van der Waals surface area contributed by atoms with Crippen LogP contribution in [0.2, 0.25) is 0 Å². The highest BCUT2D eigenvalue weighted by Gasteiger charge is 2.19. The SMILES string of the molecule is CCNC(C)CC(=O)NC(c1ccc(F)cc1)C(C)C. The fourth-order valence-electron chi connectivity index (χ4n) is 2.24. The molecule has 0 heterocycles. The molecule has 0 fully saturated rings. The first-order valence-electron chi connectivity index (χ1n) is 7.22. The standard InChI is InChI=1S/C16H25FN2O/c1-5-18-12(4)10-15(20)19-16(11(2)3)13-6-8-14(17)9-7-13/h6-9,11-12,16,18H,5,10H2,1-4H3,(H,19,20). The predicted molar refractivity (Wildman–Crippen MR) is 79.9 cm³/mol. The van der Waals surface area contributed by atoms with Gasteiger partial charge in [0.25, 0.3) is 0 Å². The zero-order valence-corrected chi connectivity index (χ0v) is 12.7. The van der Waals surface area contributed by atoms with Crippen molar-refractivity contribution in [3.8, 4) is 0 Å². The second-order valence-electron chi connectivity index (χ2n) is 5.50. The van der Waals surface area contributed by atoms with E-state index in [4.69, 9.17) is 0 Å². The minimum atomic E-state index is -0.261. The van der Waals surface area contributed by atoms with Gasteiger partial charge in [-0.1, -0.05) is 32.9 Å². The summed E-state index contributed by atoms with van der Waals surface area (Å²) < 4.78 is 13.0. The van der Waals surface area contributed by atoms with E-state index < -0.39 is 0 Å². The van der Waals surface area contributed by atoms with Gasteiger partial charge in [0, 0.05) is 12.5 Å². The van der Waals surface area contributed by atoms with Crippen LogP contribution < -0.4 is 10.6 Å². The zero-order valence-electron chi connectivity index (χ0n) is 12.7. The Hall–Kier alpha value is -1.42. The van der Waals surface area contributed by atoms with Gasteiger partial charge in [-0.3, -0.25) is 4.79 Å². The van der Waals surface area contributed by atoms with Crippen LogP contribution in [-0.2, 0) is 4.79 Å². The molecule has 1 aromatic rings. The third kappa shape index (κ3) is 5.29. The summed E-state index contributed by atoms with van der Waals surface area (Å²) in [6.45, 7) is 8.94. The number of hydrogen-bond acceptors (Lipinski definition) is 2. The van der Waals surface area contributed by atoms with Gasteiger partial charge in [-0.25, -0.2) is 4.39 Å². The van der Waals surface area contributed by atoms with Crippen LogP contribution in [-0.4, -0.2) is 18.5 Å². The van der Waals surface area contributed by atoms with Crippen molar-refractivity contribution in [2.75, 3.05) is 6.54 Å². The first-order valence-corrected chi connectivity index (χ1v) is 7.22. The lowest BCUT2D eigenvalue weighted by molar-refractivity contribution is -0.122. The summed E-state index contributed by atoms with van der Waals surface area (Å²) in [6, 6.07) is 6.39. The molecule has 2 atom stereocenters. The smallest absolute Gasteiger partial charge is 0.222 e. The van der Waals surface area contributed by atoms with Crippen molar-refractivity contribution in [1.82, 2.24) is 10.6 Å². The number of nitrogens with one attached hydrogen (secondary N) is 2. The Morgan fingerprint density at radius 3 is 2.30 bits per heavy atom. The van der Waals surface area contributed by atoms with Crippen LogP contribution in [0.4, 0.5) is 4.39 Å². The van der Waals surface area contributed by atoms with E-state index in [9.17, 15) is 9.18 Å². The Balaban J connectivity index is 2.68. The molecule has 0 aliphatic heterocycles. The molecule has 0 bridgehead atoms. The maximum absolute atomic E-state index is 13.0. The third-order valence-corrected chi connectivity index (χ3v) is 3.26. The van der Waals surface area contributed by atoms with E-state index >= 15 is 0 Å². The van der Waals surface area contributed by atoms with Crippen molar-refractivity contribution in [1.29, 1.82) is 0 Å². The van der Waals surface area contributed by atoms with Crippen molar-refractivity contribution in [2.24, 2.45) is 5.92 Å². The zero-order chi connectivity index (χ0) is 15.1. The summed E-state index contributed by atoms with van der Waals surface area (Å²) in [6.07, 6.45) is 0.443. The minimum absolute atomic E-state index is 0.0153. The number of amides is 1. The second-order valence-corrected chi connectivity index (χ2v) is 5.50. The molecule has 0 aromatic heterocycles. The van der Waals surface area contributed by atoms with Gasteiger partial charge in [-0.15, -0.1) is 0 Å². The summed E-state index contributed by atoms with van der Waals surface area (Å²) >= 11 is 0. The summed E-state index contributed by atoms with van der Waals surface area (Å²) in [4.78, 5) is 12.1. The van der Waals surface area contributed by atoms with Gasteiger partial charge >= 0.3 is 0 Å². The van der Waals surface area contributed by atoms with Crippen LogP contribution in [0.1, 0.15) is 45.7 Å². The summed E-state index contributed by atoms with van der Waals surface area (Å²) in [5.74, 6) is 0.00340. The lowest BCUT2D eigenvalue weighted by Gasteiger charge is -2.24. The average Bonchev–Trinajstić information content (AvgIpc) is 2.37. The van der Waals surface area contributed by atoms with Crippen molar-refractivity contribution >= 4 is 5.91 Å². The van der Waals surface area contributed by atoms with E-state index in [0.29, 0.717) is 6.42 Å². The van der Waals surface area contributed by atoms with Gasteiger partial charge in [-0.2, -0.15) is 0 Å². The van der Waals surface area contributed by atoms with Gasteiger partial charge in [0.05, 0.1) is 6.04 Å². The normalized spacial score (nSPS) is 14.1. The highest BCUT2D eigenvalue weighted by atomic mass is 19.1. The van der Waals surface area contributed by atoms with E-state index in [-0.39, 0.29) is 29.7 Å². The second kappa shape index (κ2) is 8.00. The fraction of sp³-hybridized carbons (Fsp3) is 0.562. The van der Waals surface area contributed by atoms with Crippen molar-refractivity contribution < 1.29 is 9.18 Å². The Morgan fingerprint density at radius 2 is 1.80 bits per heavy atom. The number of rotatable bonds is 7. The Bertz CT molecular complexity index is 417. The first kappa shape index (κ1) is 16.6. The van der Waals surface area contributed by atoms with E-state index in [2.05, 4.69) is 10.6 Å². The number of carbonyl (C=O) groups excluding carboxylic acids is 1. The molecule has 0 radical (unpaired) electrons. The maximum Gasteiger partial charge on any atom is 0.222 e. The molecule has 2 N–H and O–H groups in total.